The third-order valence-electron chi connectivity index (χ3n) is 2.27. The van der Waals surface area contributed by atoms with Crippen LogP contribution in [0.2, 0.25) is 0 Å². The van der Waals surface area contributed by atoms with E-state index in [1.165, 1.54) is 13.0 Å². The van der Waals surface area contributed by atoms with Gasteiger partial charge >= 0.3 is 6.18 Å². The minimum atomic E-state index is -4.26. The fourth-order valence-corrected chi connectivity index (χ4v) is 2.27. The summed E-state index contributed by atoms with van der Waals surface area (Å²) in [6.07, 6.45) is -4.26. The maximum atomic E-state index is 12.5. The SMILES string of the molecule is Cc1ccc(C(F)(F)F)c(C)c1CBr. The van der Waals surface area contributed by atoms with E-state index in [0.717, 1.165) is 17.2 Å². The van der Waals surface area contributed by atoms with Gasteiger partial charge < -0.3 is 0 Å². The number of hydrogen-bond donors (Lipinski definition) is 0. The normalized spacial score (nSPS) is 11.9. The molecule has 4 heteroatoms. The lowest BCUT2D eigenvalue weighted by atomic mass is 9.99. The van der Waals surface area contributed by atoms with E-state index in [1.807, 2.05) is 6.92 Å². The molecule has 0 aliphatic heterocycles. The molecule has 0 aromatic heterocycles. The van der Waals surface area contributed by atoms with Crippen molar-refractivity contribution in [3.8, 4) is 0 Å². The Hall–Kier alpha value is -0.510. The number of aryl methyl sites for hydroxylation is 1. The molecule has 0 spiro atoms. The first-order valence-electron chi connectivity index (χ1n) is 4.10. The molecular formula is C10H10BrF3. The molecule has 0 aliphatic carbocycles. The number of rotatable bonds is 1. The van der Waals surface area contributed by atoms with Crippen LogP contribution in [0.1, 0.15) is 22.3 Å². The fourth-order valence-electron chi connectivity index (χ4n) is 1.40. The van der Waals surface area contributed by atoms with E-state index >= 15 is 0 Å². The molecule has 0 atom stereocenters. The Kier molecular flexibility index (Phi) is 3.24. The molecule has 0 saturated heterocycles. The summed E-state index contributed by atoms with van der Waals surface area (Å²) in [6, 6.07) is 2.64. The van der Waals surface area contributed by atoms with Gasteiger partial charge in [-0.1, -0.05) is 22.0 Å². The maximum Gasteiger partial charge on any atom is 0.416 e. The van der Waals surface area contributed by atoms with Crippen molar-refractivity contribution < 1.29 is 13.2 Å². The van der Waals surface area contributed by atoms with Crippen molar-refractivity contribution in [2.45, 2.75) is 25.4 Å². The molecule has 0 unspecified atom stereocenters. The monoisotopic (exact) mass is 266 g/mol. The molecule has 0 aliphatic rings. The third kappa shape index (κ3) is 2.11. The zero-order valence-electron chi connectivity index (χ0n) is 7.87. The lowest BCUT2D eigenvalue weighted by Gasteiger charge is -2.14. The number of benzene rings is 1. The molecule has 0 fully saturated rings. The van der Waals surface area contributed by atoms with Gasteiger partial charge in [-0.3, -0.25) is 0 Å². The largest absolute Gasteiger partial charge is 0.416 e. The summed E-state index contributed by atoms with van der Waals surface area (Å²) in [5.41, 5.74) is 1.37. The first-order valence-corrected chi connectivity index (χ1v) is 5.22. The van der Waals surface area contributed by atoms with Crippen molar-refractivity contribution in [2.75, 3.05) is 0 Å². The summed E-state index contributed by atoms with van der Waals surface area (Å²) < 4.78 is 37.4. The van der Waals surface area contributed by atoms with Crippen molar-refractivity contribution in [1.82, 2.24) is 0 Å². The molecule has 0 amide bonds. The summed E-state index contributed by atoms with van der Waals surface area (Å²) in [6.45, 7) is 3.32. The van der Waals surface area contributed by atoms with Crippen molar-refractivity contribution >= 4 is 15.9 Å². The van der Waals surface area contributed by atoms with E-state index in [1.54, 1.807) is 0 Å². The summed E-state index contributed by atoms with van der Waals surface area (Å²) >= 11 is 3.19. The predicted molar refractivity (Wildman–Crippen MR) is 53.5 cm³/mol. The molecule has 1 aromatic rings. The van der Waals surface area contributed by atoms with Crippen LogP contribution in [-0.4, -0.2) is 0 Å². The predicted octanol–water partition coefficient (Wildman–Crippen LogP) is 4.22. The smallest absolute Gasteiger partial charge is 0.166 e. The summed E-state index contributed by atoms with van der Waals surface area (Å²) in [5.74, 6) is 0. The van der Waals surface area contributed by atoms with Crippen molar-refractivity contribution in [3.05, 3.63) is 34.4 Å². The molecular weight excluding hydrogens is 257 g/mol. The van der Waals surface area contributed by atoms with Crippen LogP contribution >= 0.6 is 15.9 Å². The number of halogens is 4. The average Bonchev–Trinajstić information content (AvgIpc) is 2.02. The molecule has 0 radical (unpaired) electrons. The Labute approximate surface area is 89.3 Å². The van der Waals surface area contributed by atoms with Gasteiger partial charge in [0.05, 0.1) is 5.56 Å². The minimum absolute atomic E-state index is 0.314. The van der Waals surface area contributed by atoms with Crippen molar-refractivity contribution in [3.63, 3.8) is 0 Å². The Morgan fingerprint density at radius 3 is 2.21 bits per heavy atom. The van der Waals surface area contributed by atoms with E-state index in [-0.39, 0.29) is 0 Å². The Bertz CT molecular complexity index is 342. The van der Waals surface area contributed by atoms with E-state index in [0.29, 0.717) is 10.9 Å². The van der Waals surface area contributed by atoms with Crippen LogP contribution in [-0.2, 0) is 11.5 Å². The highest BCUT2D eigenvalue weighted by molar-refractivity contribution is 9.08. The molecule has 0 nitrogen and oxygen atoms in total. The van der Waals surface area contributed by atoms with Crippen LogP contribution < -0.4 is 0 Å². The fraction of sp³-hybridized carbons (Fsp3) is 0.400. The highest BCUT2D eigenvalue weighted by atomic mass is 79.9. The van der Waals surface area contributed by atoms with Gasteiger partial charge in [0.1, 0.15) is 0 Å². The maximum absolute atomic E-state index is 12.5. The van der Waals surface area contributed by atoms with Crippen LogP contribution in [0.5, 0.6) is 0 Å². The summed E-state index contributed by atoms with van der Waals surface area (Å²) in [7, 11) is 0. The molecule has 1 aromatic carbocycles. The zero-order chi connectivity index (χ0) is 10.9. The van der Waals surface area contributed by atoms with Gasteiger partial charge in [-0.2, -0.15) is 13.2 Å². The summed E-state index contributed by atoms with van der Waals surface area (Å²) in [5, 5.41) is 0.453. The van der Waals surface area contributed by atoms with E-state index in [2.05, 4.69) is 15.9 Å². The molecule has 0 bridgehead atoms. The average molecular weight is 267 g/mol. The van der Waals surface area contributed by atoms with E-state index in [9.17, 15) is 13.2 Å². The number of hydrogen-bond acceptors (Lipinski definition) is 0. The molecule has 0 saturated carbocycles. The second-order valence-corrected chi connectivity index (χ2v) is 3.73. The summed E-state index contributed by atoms with van der Waals surface area (Å²) in [4.78, 5) is 0. The van der Waals surface area contributed by atoms with Gasteiger partial charge in [-0.05, 0) is 36.6 Å². The molecule has 78 valence electrons. The highest BCUT2D eigenvalue weighted by Gasteiger charge is 2.32. The second-order valence-electron chi connectivity index (χ2n) is 3.16. The molecule has 14 heavy (non-hydrogen) atoms. The van der Waals surface area contributed by atoms with E-state index < -0.39 is 11.7 Å². The standard InChI is InChI=1S/C10H10BrF3/c1-6-3-4-9(10(12,13)14)7(2)8(6)5-11/h3-4H,5H2,1-2H3. The quantitative estimate of drug-likeness (QED) is 0.668. The highest BCUT2D eigenvalue weighted by Crippen LogP contribution is 2.34. The van der Waals surface area contributed by atoms with Crippen molar-refractivity contribution in [2.24, 2.45) is 0 Å². The minimum Gasteiger partial charge on any atom is -0.166 e. The second kappa shape index (κ2) is 3.93. The van der Waals surface area contributed by atoms with Gasteiger partial charge in [0.25, 0.3) is 0 Å². The zero-order valence-corrected chi connectivity index (χ0v) is 9.46. The van der Waals surface area contributed by atoms with Crippen molar-refractivity contribution in [1.29, 1.82) is 0 Å². The Morgan fingerprint density at radius 2 is 1.79 bits per heavy atom. The topological polar surface area (TPSA) is 0 Å². The number of alkyl halides is 4. The molecule has 0 heterocycles. The molecule has 1 rings (SSSR count). The van der Waals surface area contributed by atoms with Gasteiger partial charge in [-0.25, -0.2) is 0 Å². The third-order valence-corrected chi connectivity index (χ3v) is 2.83. The Morgan fingerprint density at radius 1 is 1.21 bits per heavy atom. The van der Waals surface area contributed by atoms with Crippen LogP contribution in [0.3, 0.4) is 0 Å². The first kappa shape index (κ1) is 11.6. The van der Waals surface area contributed by atoms with E-state index in [4.69, 9.17) is 0 Å². The lowest BCUT2D eigenvalue weighted by molar-refractivity contribution is -0.138. The van der Waals surface area contributed by atoms with Crippen LogP contribution in [0.15, 0.2) is 12.1 Å². The van der Waals surface area contributed by atoms with Gasteiger partial charge in [0.2, 0.25) is 0 Å². The lowest BCUT2D eigenvalue weighted by Crippen LogP contribution is -2.09. The van der Waals surface area contributed by atoms with Gasteiger partial charge in [0.15, 0.2) is 0 Å². The van der Waals surface area contributed by atoms with Crippen LogP contribution in [0.25, 0.3) is 0 Å². The first-order chi connectivity index (χ1) is 6.38. The van der Waals surface area contributed by atoms with Gasteiger partial charge in [0, 0.05) is 5.33 Å². The van der Waals surface area contributed by atoms with Gasteiger partial charge in [-0.15, -0.1) is 0 Å². The van der Waals surface area contributed by atoms with Crippen LogP contribution in [0.4, 0.5) is 13.2 Å². The Balaban J connectivity index is 3.36. The van der Waals surface area contributed by atoms with Crippen LogP contribution in [0, 0.1) is 13.8 Å². The molecule has 0 N–H and O–H groups in total.